The van der Waals surface area contributed by atoms with Gasteiger partial charge in [0.25, 0.3) is 11.7 Å². The predicted molar refractivity (Wildman–Crippen MR) is 78.3 cm³/mol. The standard InChI is InChI=1S/C16H19NO4/c1-9(2)7-13(16(20)21-4)17-12-6-5-10(3)8-11(12)14(18)15(17)19/h5-6,8-9,13H,7H2,1-4H3. The largest absolute Gasteiger partial charge is 0.467 e. The Hall–Kier alpha value is -2.17. The molecule has 0 aliphatic carbocycles. The lowest BCUT2D eigenvalue weighted by Gasteiger charge is -2.27. The summed E-state index contributed by atoms with van der Waals surface area (Å²) in [4.78, 5) is 37.7. The molecule has 2 rings (SSSR count). The van der Waals surface area contributed by atoms with Crippen molar-refractivity contribution < 1.29 is 19.1 Å². The lowest BCUT2D eigenvalue weighted by molar-refractivity contribution is -0.143. The molecular formula is C16H19NO4. The topological polar surface area (TPSA) is 63.7 Å². The number of carbonyl (C=O) groups excluding carboxylic acids is 3. The Labute approximate surface area is 123 Å². The zero-order valence-corrected chi connectivity index (χ0v) is 12.7. The Kier molecular flexibility index (Phi) is 4.11. The van der Waals surface area contributed by atoms with Gasteiger partial charge in [0.15, 0.2) is 0 Å². The lowest BCUT2D eigenvalue weighted by Crippen LogP contribution is -2.45. The van der Waals surface area contributed by atoms with Crippen LogP contribution in [0.1, 0.15) is 36.2 Å². The van der Waals surface area contributed by atoms with Gasteiger partial charge in [-0.2, -0.15) is 0 Å². The molecule has 1 amide bonds. The van der Waals surface area contributed by atoms with Gasteiger partial charge in [-0.05, 0) is 31.4 Å². The average molecular weight is 289 g/mol. The third-order valence-corrected chi connectivity index (χ3v) is 3.55. The van der Waals surface area contributed by atoms with E-state index >= 15 is 0 Å². The van der Waals surface area contributed by atoms with Crippen molar-refractivity contribution in [1.29, 1.82) is 0 Å². The number of anilines is 1. The van der Waals surface area contributed by atoms with E-state index in [2.05, 4.69) is 0 Å². The average Bonchev–Trinajstić information content (AvgIpc) is 2.68. The Balaban J connectivity index is 2.49. The summed E-state index contributed by atoms with van der Waals surface area (Å²) < 4.78 is 4.80. The van der Waals surface area contributed by atoms with E-state index in [1.807, 2.05) is 26.8 Å². The maximum absolute atomic E-state index is 12.3. The number of carbonyl (C=O) groups is 3. The third-order valence-electron chi connectivity index (χ3n) is 3.55. The number of methoxy groups -OCH3 is 1. The van der Waals surface area contributed by atoms with E-state index in [1.54, 1.807) is 12.1 Å². The molecule has 0 saturated carbocycles. The molecule has 0 N–H and O–H groups in total. The maximum atomic E-state index is 12.3. The monoisotopic (exact) mass is 289 g/mol. The summed E-state index contributed by atoms with van der Waals surface area (Å²) in [6, 6.07) is 4.44. The number of aryl methyl sites for hydroxylation is 1. The van der Waals surface area contributed by atoms with Gasteiger partial charge in [0.05, 0.1) is 18.4 Å². The van der Waals surface area contributed by atoms with Crippen molar-refractivity contribution >= 4 is 23.3 Å². The molecule has 112 valence electrons. The van der Waals surface area contributed by atoms with E-state index in [0.717, 1.165) is 5.56 Å². The first-order valence-electron chi connectivity index (χ1n) is 6.93. The Morgan fingerprint density at radius 3 is 2.52 bits per heavy atom. The highest BCUT2D eigenvalue weighted by Crippen LogP contribution is 2.33. The zero-order valence-electron chi connectivity index (χ0n) is 12.7. The second kappa shape index (κ2) is 5.68. The second-order valence-corrected chi connectivity index (χ2v) is 5.69. The van der Waals surface area contributed by atoms with Crippen molar-refractivity contribution in [3.63, 3.8) is 0 Å². The highest BCUT2D eigenvalue weighted by atomic mass is 16.5. The first-order chi connectivity index (χ1) is 9.86. The van der Waals surface area contributed by atoms with E-state index in [9.17, 15) is 14.4 Å². The van der Waals surface area contributed by atoms with E-state index < -0.39 is 23.7 Å². The predicted octanol–water partition coefficient (Wildman–Crippen LogP) is 2.11. The van der Waals surface area contributed by atoms with Gasteiger partial charge in [-0.25, -0.2) is 4.79 Å². The molecule has 0 fully saturated rings. The third kappa shape index (κ3) is 2.68. The first kappa shape index (κ1) is 15.2. The number of fused-ring (bicyclic) bond motifs is 1. The molecule has 0 saturated heterocycles. The fourth-order valence-corrected chi connectivity index (χ4v) is 2.57. The number of benzene rings is 1. The summed E-state index contributed by atoms with van der Waals surface area (Å²) in [6.45, 7) is 5.76. The molecule has 21 heavy (non-hydrogen) atoms. The fourth-order valence-electron chi connectivity index (χ4n) is 2.57. The quantitative estimate of drug-likeness (QED) is 0.629. The smallest absolute Gasteiger partial charge is 0.328 e. The van der Waals surface area contributed by atoms with Crippen LogP contribution in [-0.4, -0.2) is 30.8 Å². The molecule has 1 aliphatic heterocycles. The summed E-state index contributed by atoms with van der Waals surface area (Å²) in [5, 5.41) is 0. The number of hydrogen-bond donors (Lipinski definition) is 0. The van der Waals surface area contributed by atoms with Gasteiger partial charge in [0, 0.05) is 0 Å². The van der Waals surface area contributed by atoms with Crippen LogP contribution in [0.4, 0.5) is 5.69 Å². The van der Waals surface area contributed by atoms with Crippen LogP contribution in [0, 0.1) is 12.8 Å². The molecule has 1 unspecified atom stereocenters. The Morgan fingerprint density at radius 2 is 1.95 bits per heavy atom. The highest BCUT2D eigenvalue weighted by molar-refractivity contribution is 6.52. The van der Waals surface area contributed by atoms with Crippen LogP contribution in [0.25, 0.3) is 0 Å². The summed E-state index contributed by atoms with van der Waals surface area (Å²) in [5.74, 6) is -1.54. The van der Waals surface area contributed by atoms with Gasteiger partial charge in [0.1, 0.15) is 6.04 Å². The molecule has 5 nitrogen and oxygen atoms in total. The molecular weight excluding hydrogens is 270 g/mol. The van der Waals surface area contributed by atoms with Crippen LogP contribution in [-0.2, 0) is 14.3 Å². The van der Waals surface area contributed by atoms with Crippen molar-refractivity contribution in [1.82, 2.24) is 0 Å². The molecule has 1 aromatic carbocycles. The van der Waals surface area contributed by atoms with Crippen molar-refractivity contribution in [3.8, 4) is 0 Å². The highest BCUT2D eigenvalue weighted by Gasteiger charge is 2.43. The van der Waals surface area contributed by atoms with E-state index in [1.165, 1.54) is 12.0 Å². The van der Waals surface area contributed by atoms with Crippen molar-refractivity contribution in [2.24, 2.45) is 5.92 Å². The summed E-state index contributed by atoms with van der Waals surface area (Å²) in [6.07, 6.45) is 0.443. The van der Waals surface area contributed by atoms with Crippen LogP contribution in [0.5, 0.6) is 0 Å². The summed E-state index contributed by atoms with van der Waals surface area (Å²) in [7, 11) is 1.29. The minimum atomic E-state index is -0.768. The van der Waals surface area contributed by atoms with Gasteiger partial charge in [-0.1, -0.05) is 25.5 Å². The molecule has 1 aliphatic rings. The molecule has 1 atom stereocenters. The van der Waals surface area contributed by atoms with Gasteiger partial charge in [0.2, 0.25) is 0 Å². The van der Waals surface area contributed by atoms with Gasteiger partial charge in [-0.15, -0.1) is 0 Å². The van der Waals surface area contributed by atoms with Crippen LogP contribution >= 0.6 is 0 Å². The maximum Gasteiger partial charge on any atom is 0.328 e. The normalized spacial score (nSPS) is 15.4. The second-order valence-electron chi connectivity index (χ2n) is 5.69. The minimum Gasteiger partial charge on any atom is -0.467 e. The molecule has 5 heteroatoms. The van der Waals surface area contributed by atoms with Gasteiger partial charge >= 0.3 is 5.97 Å². The number of Topliss-reactive ketones (excluding diaryl/α,β-unsaturated/α-hetero) is 1. The van der Waals surface area contributed by atoms with E-state index in [-0.39, 0.29) is 5.92 Å². The lowest BCUT2D eigenvalue weighted by atomic mass is 10.0. The van der Waals surface area contributed by atoms with E-state index in [0.29, 0.717) is 17.7 Å². The van der Waals surface area contributed by atoms with Gasteiger partial charge in [-0.3, -0.25) is 14.5 Å². The van der Waals surface area contributed by atoms with Crippen molar-refractivity contribution in [3.05, 3.63) is 29.3 Å². The van der Waals surface area contributed by atoms with E-state index in [4.69, 9.17) is 4.74 Å². The van der Waals surface area contributed by atoms with Gasteiger partial charge < -0.3 is 4.74 Å². The van der Waals surface area contributed by atoms with Crippen molar-refractivity contribution in [2.75, 3.05) is 12.0 Å². The number of ether oxygens (including phenoxy) is 1. The Morgan fingerprint density at radius 1 is 1.29 bits per heavy atom. The molecule has 0 radical (unpaired) electrons. The SMILES string of the molecule is COC(=O)C(CC(C)C)N1C(=O)C(=O)c2cc(C)ccc21. The molecule has 0 aromatic heterocycles. The zero-order chi connectivity index (χ0) is 15.7. The molecule has 1 heterocycles. The Bertz CT molecular complexity index is 606. The molecule has 0 spiro atoms. The van der Waals surface area contributed by atoms with Crippen LogP contribution in [0.15, 0.2) is 18.2 Å². The number of rotatable bonds is 4. The summed E-state index contributed by atoms with van der Waals surface area (Å²) in [5.41, 5.74) is 1.75. The van der Waals surface area contributed by atoms with Crippen LogP contribution in [0.3, 0.4) is 0 Å². The fraction of sp³-hybridized carbons (Fsp3) is 0.438. The number of esters is 1. The number of hydrogen-bond acceptors (Lipinski definition) is 4. The van der Waals surface area contributed by atoms with Crippen molar-refractivity contribution in [2.45, 2.75) is 33.2 Å². The molecule has 0 bridgehead atoms. The molecule has 1 aromatic rings. The number of ketones is 1. The first-order valence-corrected chi connectivity index (χ1v) is 6.93. The van der Waals surface area contributed by atoms with Crippen LogP contribution in [0.2, 0.25) is 0 Å². The number of nitrogens with zero attached hydrogens (tertiary/aromatic N) is 1. The van der Waals surface area contributed by atoms with Crippen LogP contribution < -0.4 is 4.90 Å². The minimum absolute atomic E-state index is 0.187. The summed E-state index contributed by atoms with van der Waals surface area (Å²) >= 11 is 0. The number of amides is 1.